The largest absolute Gasteiger partial charge is 0.359 e. The predicted octanol–water partition coefficient (Wildman–Crippen LogP) is 3.68. The molecule has 11 heteroatoms. The van der Waals surface area contributed by atoms with Gasteiger partial charge in [-0.2, -0.15) is 5.10 Å². The highest BCUT2D eigenvalue weighted by atomic mass is 35.5. The summed E-state index contributed by atoms with van der Waals surface area (Å²) in [5.74, 6) is 0.288. The summed E-state index contributed by atoms with van der Waals surface area (Å²) < 4.78 is 1.76. The van der Waals surface area contributed by atoms with Crippen LogP contribution in [0.3, 0.4) is 0 Å². The van der Waals surface area contributed by atoms with Crippen molar-refractivity contribution in [1.82, 2.24) is 29.5 Å². The van der Waals surface area contributed by atoms with Crippen molar-refractivity contribution in [3.05, 3.63) is 46.3 Å². The minimum absolute atomic E-state index is 0.127. The van der Waals surface area contributed by atoms with Gasteiger partial charge >= 0.3 is 0 Å². The van der Waals surface area contributed by atoms with Gasteiger partial charge in [0, 0.05) is 48.4 Å². The summed E-state index contributed by atoms with van der Waals surface area (Å²) in [7, 11) is 0. The van der Waals surface area contributed by atoms with Crippen molar-refractivity contribution in [1.29, 1.82) is 0 Å². The van der Waals surface area contributed by atoms with E-state index in [9.17, 15) is 4.79 Å². The number of piperidine rings is 1. The molecule has 1 aliphatic rings. The van der Waals surface area contributed by atoms with Crippen LogP contribution in [-0.4, -0.2) is 54.5 Å². The van der Waals surface area contributed by atoms with E-state index in [1.165, 1.54) is 17.4 Å². The molecule has 1 saturated heterocycles. The standard InChI is InChI=1S/C18H16ClN7OS2/c19-14-9-13(23-15(24-14)12-10-21-26-6-8-28-17(12)26)16(27)25-4-1-11(2-5-25)22-18-20-3-7-29-18/h3,6-11H,1-2,4-5H2,(H,20,22). The maximum Gasteiger partial charge on any atom is 0.272 e. The lowest BCUT2D eigenvalue weighted by atomic mass is 10.0. The Balaban J connectivity index is 1.33. The van der Waals surface area contributed by atoms with E-state index in [0.717, 1.165) is 28.4 Å². The fourth-order valence-electron chi connectivity index (χ4n) is 3.39. The number of amides is 1. The molecule has 29 heavy (non-hydrogen) atoms. The van der Waals surface area contributed by atoms with Crippen molar-refractivity contribution in [3.8, 4) is 11.4 Å². The van der Waals surface area contributed by atoms with Crippen LogP contribution < -0.4 is 5.32 Å². The number of nitrogens with zero attached hydrogens (tertiary/aromatic N) is 6. The zero-order chi connectivity index (χ0) is 19.8. The third kappa shape index (κ3) is 3.70. The first kappa shape index (κ1) is 18.5. The summed E-state index contributed by atoms with van der Waals surface area (Å²) in [5, 5.41) is 12.8. The van der Waals surface area contributed by atoms with Crippen molar-refractivity contribution in [2.75, 3.05) is 18.4 Å². The Hall–Kier alpha value is -2.56. The Labute approximate surface area is 179 Å². The molecule has 0 atom stereocenters. The summed E-state index contributed by atoms with van der Waals surface area (Å²) >= 11 is 9.34. The molecular weight excluding hydrogens is 430 g/mol. The molecule has 4 aromatic heterocycles. The summed E-state index contributed by atoms with van der Waals surface area (Å²) in [6, 6.07) is 1.84. The van der Waals surface area contributed by atoms with Gasteiger partial charge in [0.25, 0.3) is 5.91 Å². The summed E-state index contributed by atoms with van der Waals surface area (Å²) in [4.78, 5) is 28.9. The summed E-state index contributed by atoms with van der Waals surface area (Å²) in [5.41, 5.74) is 1.07. The third-order valence-electron chi connectivity index (χ3n) is 4.83. The van der Waals surface area contributed by atoms with Crippen molar-refractivity contribution >= 4 is 50.1 Å². The average Bonchev–Trinajstić information content (AvgIpc) is 3.46. The molecule has 0 aliphatic carbocycles. The Morgan fingerprint density at radius 1 is 1.21 bits per heavy atom. The van der Waals surface area contributed by atoms with Crippen LogP contribution in [0.25, 0.3) is 16.2 Å². The first-order chi connectivity index (χ1) is 14.2. The summed E-state index contributed by atoms with van der Waals surface area (Å²) in [6.45, 7) is 1.31. The van der Waals surface area contributed by atoms with Gasteiger partial charge in [-0.1, -0.05) is 11.6 Å². The molecule has 0 aromatic carbocycles. The highest BCUT2D eigenvalue weighted by molar-refractivity contribution is 7.16. The van der Waals surface area contributed by atoms with E-state index >= 15 is 0 Å². The number of fused-ring (bicyclic) bond motifs is 1. The number of carbonyl (C=O) groups excluding carboxylic acids is 1. The maximum absolute atomic E-state index is 13.0. The van der Waals surface area contributed by atoms with Gasteiger partial charge in [0.1, 0.15) is 15.7 Å². The Morgan fingerprint density at radius 2 is 2.07 bits per heavy atom. The van der Waals surface area contributed by atoms with E-state index in [4.69, 9.17) is 11.6 Å². The topological polar surface area (TPSA) is 88.3 Å². The van der Waals surface area contributed by atoms with Gasteiger partial charge < -0.3 is 10.2 Å². The number of rotatable bonds is 4. The zero-order valence-electron chi connectivity index (χ0n) is 15.2. The lowest BCUT2D eigenvalue weighted by molar-refractivity contribution is 0.0712. The molecular formula is C18H16ClN7OS2. The SMILES string of the molecule is O=C(c1cc(Cl)nc(-c2cnn3ccsc23)n1)N1CCC(Nc2nccs2)CC1. The smallest absolute Gasteiger partial charge is 0.272 e. The summed E-state index contributed by atoms with van der Waals surface area (Å²) in [6.07, 6.45) is 7.06. The molecule has 1 amide bonds. The van der Waals surface area contributed by atoms with Gasteiger partial charge in [0.2, 0.25) is 0 Å². The highest BCUT2D eigenvalue weighted by Gasteiger charge is 2.26. The lowest BCUT2D eigenvalue weighted by Gasteiger charge is -2.32. The molecule has 5 heterocycles. The number of anilines is 1. The van der Waals surface area contributed by atoms with Gasteiger partial charge in [-0.05, 0) is 12.8 Å². The third-order valence-corrected chi connectivity index (χ3v) is 6.61. The van der Waals surface area contributed by atoms with Crippen molar-refractivity contribution in [3.63, 3.8) is 0 Å². The Morgan fingerprint density at radius 3 is 2.86 bits per heavy atom. The number of thiazole rings is 2. The van der Waals surface area contributed by atoms with Crippen LogP contribution in [0.5, 0.6) is 0 Å². The molecule has 0 radical (unpaired) electrons. The second-order valence-electron chi connectivity index (χ2n) is 6.66. The first-order valence-corrected chi connectivity index (χ1v) is 11.2. The maximum atomic E-state index is 13.0. The molecule has 1 N–H and O–H groups in total. The number of carbonyl (C=O) groups is 1. The number of hydrogen-bond donors (Lipinski definition) is 1. The molecule has 8 nitrogen and oxygen atoms in total. The monoisotopic (exact) mass is 445 g/mol. The lowest BCUT2D eigenvalue weighted by Crippen LogP contribution is -2.42. The van der Waals surface area contributed by atoms with Crippen molar-refractivity contribution < 1.29 is 4.79 Å². The van der Waals surface area contributed by atoms with E-state index in [2.05, 4.69) is 25.4 Å². The van der Waals surface area contributed by atoms with Crippen molar-refractivity contribution in [2.24, 2.45) is 0 Å². The van der Waals surface area contributed by atoms with Crippen LogP contribution in [0, 0.1) is 0 Å². The number of halogens is 1. The van der Waals surface area contributed by atoms with E-state index in [0.29, 0.717) is 30.6 Å². The second kappa shape index (κ2) is 7.69. The predicted molar refractivity (Wildman–Crippen MR) is 114 cm³/mol. The van der Waals surface area contributed by atoms with Crippen LogP contribution in [0.2, 0.25) is 5.15 Å². The molecule has 1 aliphatic heterocycles. The van der Waals surface area contributed by atoms with Crippen LogP contribution in [0.15, 0.2) is 35.4 Å². The van der Waals surface area contributed by atoms with E-state index in [1.54, 1.807) is 28.2 Å². The number of nitrogens with one attached hydrogen (secondary N) is 1. The van der Waals surface area contributed by atoms with E-state index in [-0.39, 0.29) is 11.1 Å². The van der Waals surface area contributed by atoms with Gasteiger partial charge in [-0.25, -0.2) is 19.5 Å². The quantitative estimate of drug-likeness (QED) is 0.482. The first-order valence-electron chi connectivity index (χ1n) is 9.08. The van der Waals surface area contributed by atoms with Crippen molar-refractivity contribution in [2.45, 2.75) is 18.9 Å². The number of hydrogen-bond acceptors (Lipinski definition) is 8. The van der Waals surface area contributed by atoms with Crippen LogP contribution in [0.4, 0.5) is 5.13 Å². The van der Waals surface area contributed by atoms with Gasteiger partial charge in [0.05, 0.1) is 11.8 Å². The van der Waals surface area contributed by atoms with Gasteiger partial charge in [0.15, 0.2) is 11.0 Å². The normalized spacial score (nSPS) is 15.1. The highest BCUT2D eigenvalue weighted by Crippen LogP contribution is 2.27. The molecule has 148 valence electrons. The Bertz CT molecular complexity index is 1150. The fourth-order valence-corrected chi connectivity index (χ4v) is 4.97. The van der Waals surface area contributed by atoms with Crippen LogP contribution in [-0.2, 0) is 0 Å². The minimum Gasteiger partial charge on any atom is -0.359 e. The molecule has 4 aromatic rings. The number of likely N-dealkylation sites (tertiary alicyclic amines) is 1. The van der Waals surface area contributed by atoms with E-state index in [1.807, 2.05) is 21.9 Å². The zero-order valence-corrected chi connectivity index (χ0v) is 17.5. The molecule has 0 unspecified atom stereocenters. The Kier molecular flexibility index (Phi) is 4.90. The minimum atomic E-state index is -0.127. The fraction of sp³-hybridized carbons (Fsp3) is 0.278. The second-order valence-corrected chi connectivity index (χ2v) is 8.83. The van der Waals surface area contributed by atoms with Gasteiger partial charge in [-0.3, -0.25) is 4.79 Å². The molecule has 1 fully saturated rings. The van der Waals surface area contributed by atoms with Crippen LogP contribution >= 0.6 is 34.3 Å². The van der Waals surface area contributed by atoms with Gasteiger partial charge in [-0.15, -0.1) is 22.7 Å². The number of aromatic nitrogens is 5. The van der Waals surface area contributed by atoms with Crippen LogP contribution in [0.1, 0.15) is 23.3 Å². The molecule has 0 saturated carbocycles. The molecule has 0 spiro atoms. The molecule has 5 rings (SSSR count). The van der Waals surface area contributed by atoms with E-state index < -0.39 is 0 Å². The average molecular weight is 446 g/mol. The molecule has 0 bridgehead atoms.